The van der Waals surface area contributed by atoms with Gasteiger partial charge in [-0.2, -0.15) is 21.6 Å². The molecule has 1 aromatic rings. The van der Waals surface area contributed by atoms with Crippen molar-refractivity contribution in [2.24, 2.45) is 0 Å². The molecule has 0 radical (unpaired) electrons. The third kappa shape index (κ3) is 2.90. The summed E-state index contributed by atoms with van der Waals surface area (Å²) in [6, 6.07) is 0. The van der Waals surface area contributed by atoms with Crippen LogP contribution in [0, 0.1) is 6.92 Å². The highest BCUT2D eigenvalue weighted by Crippen LogP contribution is 2.31. The van der Waals surface area contributed by atoms with Crippen molar-refractivity contribution < 1.29 is 35.3 Å². The van der Waals surface area contributed by atoms with Gasteiger partial charge in [0.15, 0.2) is 4.88 Å². The quantitative estimate of drug-likeness (QED) is 0.478. The van der Waals surface area contributed by atoms with E-state index in [1.165, 1.54) is 6.92 Å². The molecule has 0 fully saturated rings. The fourth-order valence-corrected chi connectivity index (χ4v) is 2.08. The van der Waals surface area contributed by atoms with Crippen LogP contribution in [-0.2, 0) is 14.9 Å². The van der Waals surface area contributed by atoms with Crippen LogP contribution in [0.3, 0.4) is 0 Å². The molecular formula is C7H6F3NO5S2. The zero-order chi connectivity index (χ0) is 14.1. The van der Waals surface area contributed by atoms with E-state index in [-0.39, 0.29) is 5.01 Å². The number of ether oxygens (including phenoxy) is 1. The molecule has 0 aromatic carbocycles. The van der Waals surface area contributed by atoms with Gasteiger partial charge in [-0.25, -0.2) is 9.78 Å². The van der Waals surface area contributed by atoms with Gasteiger partial charge in [-0.15, -0.1) is 11.3 Å². The molecule has 18 heavy (non-hydrogen) atoms. The molecule has 0 aliphatic heterocycles. The minimum absolute atomic E-state index is 0.155. The lowest BCUT2D eigenvalue weighted by atomic mass is 10.5. The summed E-state index contributed by atoms with van der Waals surface area (Å²) in [6.07, 6.45) is 0. The average Bonchev–Trinajstić information content (AvgIpc) is 2.55. The summed E-state index contributed by atoms with van der Waals surface area (Å²) < 4.78 is 65.8. The Morgan fingerprint density at radius 1 is 1.39 bits per heavy atom. The van der Waals surface area contributed by atoms with Crippen LogP contribution in [0.25, 0.3) is 0 Å². The van der Waals surface area contributed by atoms with Gasteiger partial charge in [-0.3, -0.25) is 0 Å². The first-order chi connectivity index (χ1) is 8.08. The van der Waals surface area contributed by atoms with Crippen LogP contribution in [0.1, 0.15) is 14.7 Å². The predicted octanol–water partition coefficient (Wildman–Crippen LogP) is 1.47. The lowest BCUT2D eigenvalue weighted by Gasteiger charge is -2.07. The van der Waals surface area contributed by atoms with E-state index < -0.39 is 32.4 Å². The summed E-state index contributed by atoms with van der Waals surface area (Å²) in [5.74, 6) is -1.98. The van der Waals surface area contributed by atoms with E-state index in [2.05, 4.69) is 13.9 Å². The third-order valence-electron chi connectivity index (χ3n) is 1.55. The second-order valence-corrected chi connectivity index (χ2v) is 5.58. The number of aromatic nitrogens is 1. The summed E-state index contributed by atoms with van der Waals surface area (Å²) in [5.41, 5.74) is -5.60. The molecule has 0 saturated heterocycles. The maximum atomic E-state index is 12.1. The maximum absolute atomic E-state index is 12.1. The van der Waals surface area contributed by atoms with Gasteiger partial charge in [0.25, 0.3) is 5.88 Å². The van der Waals surface area contributed by atoms with Gasteiger partial charge in [-0.1, -0.05) is 0 Å². The Morgan fingerprint density at radius 3 is 2.39 bits per heavy atom. The molecule has 0 amide bonds. The van der Waals surface area contributed by atoms with Crippen LogP contribution in [0.4, 0.5) is 13.2 Å². The highest BCUT2D eigenvalue weighted by atomic mass is 32.2. The average molecular weight is 305 g/mol. The minimum Gasteiger partial charge on any atom is -0.465 e. The third-order valence-corrected chi connectivity index (χ3v) is 3.42. The van der Waals surface area contributed by atoms with E-state index in [9.17, 15) is 26.4 Å². The first-order valence-electron chi connectivity index (χ1n) is 4.15. The molecule has 0 bridgehead atoms. The number of alkyl halides is 3. The lowest BCUT2D eigenvalue weighted by Crippen LogP contribution is -2.28. The van der Waals surface area contributed by atoms with E-state index in [0.717, 1.165) is 7.11 Å². The first kappa shape index (κ1) is 14.7. The van der Waals surface area contributed by atoms with Crippen molar-refractivity contribution in [3.05, 3.63) is 9.88 Å². The van der Waals surface area contributed by atoms with Gasteiger partial charge in [0.05, 0.1) is 12.1 Å². The molecule has 1 heterocycles. The number of nitrogens with zero attached hydrogens (tertiary/aromatic N) is 1. The van der Waals surface area contributed by atoms with Crippen LogP contribution >= 0.6 is 11.3 Å². The number of carbonyl (C=O) groups is 1. The Balaban J connectivity index is 3.17. The van der Waals surface area contributed by atoms with Gasteiger partial charge in [0.2, 0.25) is 0 Å². The van der Waals surface area contributed by atoms with Crippen molar-refractivity contribution in [3.8, 4) is 5.88 Å². The van der Waals surface area contributed by atoms with Crippen molar-refractivity contribution in [1.82, 2.24) is 4.98 Å². The molecule has 0 aliphatic carbocycles. The number of methoxy groups -OCH3 is 1. The maximum Gasteiger partial charge on any atom is 0.534 e. The SMILES string of the molecule is COC(=O)c1sc(C)nc1OS(=O)(=O)C(F)(F)F. The summed E-state index contributed by atoms with van der Waals surface area (Å²) in [6.45, 7) is 1.37. The molecule has 0 spiro atoms. The van der Waals surface area contributed by atoms with Crippen molar-refractivity contribution in [2.45, 2.75) is 12.4 Å². The number of carbonyl (C=O) groups excluding carboxylic acids is 1. The molecular weight excluding hydrogens is 299 g/mol. The monoisotopic (exact) mass is 305 g/mol. The minimum atomic E-state index is -5.87. The van der Waals surface area contributed by atoms with E-state index in [4.69, 9.17) is 0 Å². The van der Waals surface area contributed by atoms with Gasteiger partial charge in [-0.05, 0) is 6.92 Å². The molecule has 1 rings (SSSR count). The summed E-state index contributed by atoms with van der Waals surface area (Å²) in [7, 11) is -4.88. The van der Waals surface area contributed by atoms with E-state index >= 15 is 0 Å². The Hall–Kier alpha value is -1.36. The van der Waals surface area contributed by atoms with Gasteiger partial charge < -0.3 is 8.92 Å². The fourth-order valence-electron chi connectivity index (χ4n) is 0.837. The van der Waals surface area contributed by atoms with Crippen molar-refractivity contribution in [3.63, 3.8) is 0 Å². The summed E-state index contributed by atoms with van der Waals surface area (Å²) in [4.78, 5) is 14.1. The summed E-state index contributed by atoms with van der Waals surface area (Å²) >= 11 is 0.656. The molecule has 0 atom stereocenters. The van der Waals surface area contributed by atoms with Crippen LogP contribution in [0.15, 0.2) is 0 Å². The largest absolute Gasteiger partial charge is 0.534 e. The van der Waals surface area contributed by atoms with E-state index in [1.807, 2.05) is 0 Å². The van der Waals surface area contributed by atoms with Crippen LogP contribution < -0.4 is 4.18 Å². The molecule has 102 valence electrons. The van der Waals surface area contributed by atoms with E-state index in [1.54, 1.807) is 0 Å². The number of aryl methyl sites for hydroxylation is 1. The Kier molecular flexibility index (Phi) is 3.86. The second kappa shape index (κ2) is 4.72. The number of halogens is 3. The molecule has 0 aliphatic rings. The lowest BCUT2D eigenvalue weighted by molar-refractivity contribution is -0.0501. The van der Waals surface area contributed by atoms with Gasteiger partial charge in [0, 0.05) is 0 Å². The van der Waals surface area contributed by atoms with E-state index in [0.29, 0.717) is 11.3 Å². The van der Waals surface area contributed by atoms with Gasteiger partial charge in [0.1, 0.15) is 0 Å². The molecule has 1 aromatic heterocycles. The zero-order valence-corrected chi connectivity index (χ0v) is 10.6. The van der Waals surface area contributed by atoms with Crippen molar-refractivity contribution in [1.29, 1.82) is 0 Å². The van der Waals surface area contributed by atoms with Gasteiger partial charge >= 0.3 is 21.6 Å². The Bertz CT molecular complexity index is 562. The Labute approximate surface area is 103 Å². The predicted molar refractivity (Wildman–Crippen MR) is 53.8 cm³/mol. The smallest absolute Gasteiger partial charge is 0.465 e. The number of esters is 1. The van der Waals surface area contributed by atoms with Crippen molar-refractivity contribution in [2.75, 3.05) is 7.11 Å². The Morgan fingerprint density at radius 2 is 1.94 bits per heavy atom. The number of hydrogen-bond donors (Lipinski definition) is 0. The second-order valence-electron chi connectivity index (χ2n) is 2.84. The standard InChI is InChI=1S/C7H6F3NO5S2/c1-3-11-5(4(17-3)6(12)15-2)16-18(13,14)7(8,9)10/h1-2H3. The highest BCUT2D eigenvalue weighted by Gasteiger charge is 2.49. The number of hydrogen-bond acceptors (Lipinski definition) is 7. The van der Waals surface area contributed by atoms with Crippen LogP contribution in [0.5, 0.6) is 5.88 Å². The number of thiazole rings is 1. The highest BCUT2D eigenvalue weighted by molar-refractivity contribution is 7.88. The fraction of sp³-hybridized carbons (Fsp3) is 0.429. The molecule has 0 saturated carbocycles. The van der Waals surface area contributed by atoms with Crippen LogP contribution in [0.2, 0.25) is 0 Å². The first-order valence-corrected chi connectivity index (χ1v) is 6.37. The summed E-state index contributed by atoms with van der Waals surface area (Å²) in [5, 5.41) is 0.155. The number of rotatable bonds is 3. The normalized spacial score (nSPS) is 12.3. The molecule has 0 unspecified atom stereocenters. The molecule has 11 heteroatoms. The molecule has 6 nitrogen and oxygen atoms in total. The molecule has 0 N–H and O–H groups in total. The zero-order valence-electron chi connectivity index (χ0n) is 8.94. The van der Waals surface area contributed by atoms with Crippen molar-refractivity contribution >= 4 is 27.4 Å². The topological polar surface area (TPSA) is 82.6 Å². The van der Waals surface area contributed by atoms with Crippen LogP contribution in [-0.4, -0.2) is 32.0 Å².